The van der Waals surface area contributed by atoms with E-state index in [0.29, 0.717) is 32.6 Å². The van der Waals surface area contributed by atoms with Crippen LogP contribution in [0.15, 0.2) is 35.4 Å². The summed E-state index contributed by atoms with van der Waals surface area (Å²) in [7, 11) is -3.17. The van der Waals surface area contributed by atoms with Crippen molar-refractivity contribution in [1.29, 1.82) is 0 Å². The van der Waals surface area contributed by atoms with Crippen molar-refractivity contribution in [3.8, 4) is 0 Å². The zero-order valence-corrected chi connectivity index (χ0v) is 19.9. The Kier molecular flexibility index (Phi) is 6.30. The van der Waals surface area contributed by atoms with E-state index in [1.165, 1.54) is 5.01 Å². The molecule has 4 rings (SSSR count). The number of rotatable bonds is 4. The zero-order chi connectivity index (χ0) is 23.8. The minimum Gasteiger partial charge on any atom is -0.338 e. The summed E-state index contributed by atoms with van der Waals surface area (Å²) < 4.78 is 23.6. The van der Waals surface area contributed by atoms with Crippen LogP contribution in [0.2, 0.25) is 0 Å². The molecule has 3 aliphatic rings. The molecule has 1 atom stereocenters. The quantitative estimate of drug-likeness (QED) is 0.642. The van der Waals surface area contributed by atoms with Gasteiger partial charge in [-0.1, -0.05) is 30.3 Å². The fourth-order valence-electron chi connectivity index (χ4n) is 4.65. The Morgan fingerprint density at radius 1 is 1.00 bits per heavy atom. The van der Waals surface area contributed by atoms with E-state index >= 15 is 0 Å². The van der Waals surface area contributed by atoms with Gasteiger partial charge in [0.15, 0.2) is 9.84 Å². The minimum absolute atomic E-state index is 0.0232. The molecule has 0 saturated carbocycles. The first kappa shape index (κ1) is 23.4. The molecule has 0 bridgehead atoms. The third kappa shape index (κ3) is 4.80. The van der Waals surface area contributed by atoms with Gasteiger partial charge in [0.1, 0.15) is 5.71 Å². The van der Waals surface area contributed by atoms with Gasteiger partial charge in [0.2, 0.25) is 11.8 Å². The van der Waals surface area contributed by atoms with Crippen molar-refractivity contribution in [2.75, 3.05) is 37.7 Å². The molecular weight excluding hydrogens is 444 g/mol. The molecule has 0 aromatic heterocycles. The number of carbonyl (C=O) groups is 3. The van der Waals surface area contributed by atoms with Crippen molar-refractivity contribution in [2.24, 2.45) is 5.10 Å². The highest BCUT2D eigenvalue weighted by atomic mass is 32.2. The van der Waals surface area contributed by atoms with Gasteiger partial charge in [0.25, 0.3) is 5.91 Å². The van der Waals surface area contributed by atoms with Crippen LogP contribution < -0.4 is 0 Å². The third-order valence-corrected chi connectivity index (χ3v) is 8.50. The maximum absolute atomic E-state index is 13.2. The second-order valence-corrected chi connectivity index (χ2v) is 11.6. The van der Waals surface area contributed by atoms with Gasteiger partial charge in [-0.2, -0.15) is 5.10 Å². The summed E-state index contributed by atoms with van der Waals surface area (Å²) in [6.45, 7) is 5.46. The van der Waals surface area contributed by atoms with Gasteiger partial charge in [-0.25, -0.2) is 13.4 Å². The average Bonchev–Trinajstić information content (AvgIpc) is 3.18. The molecule has 33 heavy (non-hydrogen) atoms. The number of piperazine rings is 1. The highest BCUT2D eigenvalue weighted by molar-refractivity contribution is 7.91. The van der Waals surface area contributed by atoms with E-state index in [-0.39, 0.29) is 47.8 Å². The average molecular weight is 475 g/mol. The molecule has 0 spiro atoms. The number of hydrogen-bond acceptors (Lipinski definition) is 6. The van der Waals surface area contributed by atoms with Gasteiger partial charge in [0, 0.05) is 39.0 Å². The SMILES string of the molecule is CC(C)(C(=O)N1CCN(C(=O)C2=NN(C3CCS(=O)(=O)C3)C(=O)CC2)CC1)c1ccccc1. The number of hydrogen-bond donors (Lipinski definition) is 0. The summed E-state index contributed by atoms with van der Waals surface area (Å²) in [5.74, 6) is -0.540. The van der Waals surface area contributed by atoms with Crippen LogP contribution in [0.3, 0.4) is 0 Å². The van der Waals surface area contributed by atoms with Gasteiger partial charge in [-0.05, 0) is 25.8 Å². The number of hydrazone groups is 1. The van der Waals surface area contributed by atoms with E-state index in [1.54, 1.807) is 9.80 Å². The molecule has 3 amide bonds. The maximum Gasteiger partial charge on any atom is 0.270 e. The smallest absolute Gasteiger partial charge is 0.270 e. The Hall–Kier alpha value is -2.75. The molecule has 9 nitrogen and oxygen atoms in total. The number of benzene rings is 1. The van der Waals surface area contributed by atoms with E-state index in [4.69, 9.17) is 0 Å². The lowest BCUT2D eigenvalue weighted by molar-refractivity contribution is -0.141. The van der Waals surface area contributed by atoms with Gasteiger partial charge in [0.05, 0.1) is 23.0 Å². The summed E-state index contributed by atoms with van der Waals surface area (Å²) in [5.41, 5.74) is 0.565. The van der Waals surface area contributed by atoms with E-state index in [9.17, 15) is 22.8 Å². The Labute approximate surface area is 194 Å². The molecule has 2 fully saturated rings. The third-order valence-electron chi connectivity index (χ3n) is 6.75. The Morgan fingerprint density at radius 3 is 2.24 bits per heavy atom. The highest BCUT2D eigenvalue weighted by Gasteiger charge is 2.39. The maximum atomic E-state index is 13.2. The van der Waals surface area contributed by atoms with Crippen molar-refractivity contribution in [1.82, 2.24) is 14.8 Å². The predicted molar refractivity (Wildman–Crippen MR) is 123 cm³/mol. The van der Waals surface area contributed by atoms with Gasteiger partial charge in [-0.15, -0.1) is 0 Å². The molecule has 1 unspecified atom stereocenters. The van der Waals surface area contributed by atoms with E-state index < -0.39 is 21.3 Å². The van der Waals surface area contributed by atoms with E-state index in [1.807, 2.05) is 44.2 Å². The lowest BCUT2D eigenvalue weighted by atomic mass is 9.83. The fraction of sp³-hybridized carbons (Fsp3) is 0.565. The summed E-state index contributed by atoms with van der Waals surface area (Å²) in [5, 5.41) is 5.49. The van der Waals surface area contributed by atoms with Gasteiger partial charge >= 0.3 is 0 Å². The fourth-order valence-corrected chi connectivity index (χ4v) is 6.34. The number of sulfone groups is 1. The number of carbonyl (C=O) groups excluding carboxylic acids is 3. The van der Waals surface area contributed by atoms with E-state index in [2.05, 4.69) is 5.10 Å². The molecule has 0 aliphatic carbocycles. The first-order valence-electron chi connectivity index (χ1n) is 11.3. The Bertz CT molecular complexity index is 1080. The summed E-state index contributed by atoms with van der Waals surface area (Å²) >= 11 is 0. The lowest BCUT2D eigenvalue weighted by Gasteiger charge is -2.39. The van der Waals surface area contributed by atoms with Crippen LogP contribution in [-0.2, 0) is 29.6 Å². The molecular formula is C23H30N4O5S. The largest absolute Gasteiger partial charge is 0.338 e. The van der Waals surface area contributed by atoms with Crippen LogP contribution in [-0.4, -0.2) is 90.4 Å². The molecule has 1 aromatic rings. The van der Waals surface area contributed by atoms with Gasteiger partial charge in [-0.3, -0.25) is 14.4 Å². The molecule has 3 heterocycles. The first-order valence-corrected chi connectivity index (χ1v) is 13.1. The van der Waals surface area contributed by atoms with Crippen LogP contribution in [0.5, 0.6) is 0 Å². The van der Waals surface area contributed by atoms with Gasteiger partial charge < -0.3 is 9.80 Å². The monoisotopic (exact) mass is 474 g/mol. The molecule has 3 aliphatic heterocycles. The number of amides is 3. The summed E-state index contributed by atoms with van der Waals surface area (Å²) in [6.07, 6.45) is 0.732. The van der Waals surface area contributed by atoms with Crippen LogP contribution in [0, 0.1) is 0 Å². The van der Waals surface area contributed by atoms with Crippen LogP contribution in [0.25, 0.3) is 0 Å². The second kappa shape index (κ2) is 8.89. The molecule has 178 valence electrons. The Balaban J connectivity index is 1.39. The number of nitrogens with zero attached hydrogens (tertiary/aromatic N) is 4. The topological polar surface area (TPSA) is 107 Å². The van der Waals surface area contributed by atoms with E-state index in [0.717, 1.165) is 5.56 Å². The standard InChI is InChI=1S/C23H30N4O5S/c1-23(2,17-6-4-3-5-7-17)22(30)26-13-11-25(12-14-26)21(29)19-8-9-20(28)27(24-19)18-10-15-33(31,32)16-18/h3-7,18H,8-16H2,1-2H3. The van der Waals surface area contributed by atoms with Crippen molar-refractivity contribution in [3.63, 3.8) is 0 Å². The molecule has 1 aromatic carbocycles. The van der Waals surface area contributed by atoms with Crippen LogP contribution in [0.4, 0.5) is 0 Å². The lowest BCUT2D eigenvalue weighted by Crippen LogP contribution is -2.55. The van der Waals surface area contributed by atoms with Crippen molar-refractivity contribution < 1.29 is 22.8 Å². The summed E-state index contributed by atoms with van der Waals surface area (Å²) in [4.78, 5) is 42.0. The zero-order valence-electron chi connectivity index (χ0n) is 19.1. The Morgan fingerprint density at radius 2 is 1.64 bits per heavy atom. The van der Waals surface area contributed by atoms with Crippen LogP contribution in [0.1, 0.15) is 38.7 Å². The molecule has 0 radical (unpaired) electrons. The second-order valence-electron chi connectivity index (χ2n) is 9.42. The van der Waals surface area contributed by atoms with Crippen LogP contribution >= 0.6 is 0 Å². The van der Waals surface area contributed by atoms with Crippen molar-refractivity contribution in [3.05, 3.63) is 35.9 Å². The first-order chi connectivity index (χ1) is 15.6. The highest BCUT2D eigenvalue weighted by Crippen LogP contribution is 2.27. The predicted octanol–water partition coefficient (Wildman–Crippen LogP) is 0.801. The normalized spacial score (nSPS) is 23.5. The summed E-state index contributed by atoms with van der Waals surface area (Å²) in [6, 6.07) is 9.15. The van der Waals surface area contributed by atoms with Crippen molar-refractivity contribution >= 4 is 33.3 Å². The molecule has 10 heteroatoms. The van der Waals surface area contributed by atoms with Crippen molar-refractivity contribution in [2.45, 2.75) is 44.6 Å². The molecule has 2 saturated heterocycles. The molecule has 0 N–H and O–H groups in total. The minimum atomic E-state index is -3.17.